The third kappa shape index (κ3) is 5.93. The lowest BCUT2D eigenvalue weighted by molar-refractivity contribution is -0.128. The molecule has 3 heteroatoms. The van der Waals surface area contributed by atoms with Gasteiger partial charge >= 0.3 is 0 Å². The molecule has 3 nitrogen and oxygen atoms in total. The van der Waals surface area contributed by atoms with Gasteiger partial charge in [0.2, 0.25) is 0 Å². The van der Waals surface area contributed by atoms with Gasteiger partial charge in [0, 0.05) is 6.54 Å². The fourth-order valence-corrected chi connectivity index (χ4v) is 2.65. The molecule has 0 heterocycles. The Hall–Kier alpha value is -2.29. The molecular weight excluding hydrogens is 310 g/mol. The average molecular weight is 339 g/mol. The van der Waals surface area contributed by atoms with Gasteiger partial charge in [0.25, 0.3) is 5.91 Å². The molecule has 0 aromatic heterocycles. The summed E-state index contributed by atoms with van der Waals surface area (Å²) < 4.78 is 5.88. The minimum Gasteiger partial charge on any atom is -0.481 e. The van der Waals surface area contributed by atoms with Crippen molar-refractivity contribution in [1.82, 2.24) is 5.32 Å². The minimum absolute atomic E-state index is 0.0374. The van der Waals surface area contributed by atoms with Gasteiger partial charge in [-0.25, -0.2) is 0 Å². The standard InChI is InChI=1S/C22H29NO2/c1-5-21(25-20-13-10-17(3)18(4)15-20)22(24)23-14-6-7-19-11-8-16(2)9-12-19/h8-13,15,21H,5-7,14H2,1-4H3,(H,23,24). The number of benzene rings is 2. The molecule has 0 saturated carbocycles. The maximum Gasteiger partial charge on any atom is 0.261 e. The zero-order valence-corrected chi connectivity index (χ0v) is 15.8. The molecule has 2 aromatic rings. The molecule has 25 heavy (non-hydrogen) atoms. The highest BCUT2D eigenvalue weighted by atomic mass is 16.5. The summed E-state index contributed by atoms with van der Waals surface area (Å²) in [5.74, 6) is 0.717. The summed E-state index contributed by atoms with van der Waals surface area (Å²) >= 11 is 0. The van der Waals surface area contributed by atoms with Crippen molar-refractivity contribution in [3.05, 3.63) is 64.7 Å². The first-order chi connectivity index (χ1) is 12.0. The molecule has 0 fully saturated rings. The maximum atomic E-state index is 12.4. The largest absolute Gasteiger partial charge is 0.481 e. The number of hydrogen-bond acceptors (Lipinski definition) is 2. The van der Waals surface area contributed by atoms with Gasteiger partial charge in [0.05, 0.1) is 0 Å². The predicted molar refractivity (Wildman–Crippen MR) is 103 cm³/mol. The van der Waals surface area contributed by atoms with Gasteiger partial charge in [0.1, 0.15) is 5.75 Å². The Balaban J connectivity index is 1.79. The van der Waals surface area contributed by atoms with E-state index in [9.17, 15) is 4.79 Å². The number of amides is 1. The lowest BCUT2D eigenvalue weighted by Crippen LogP contribution is -2.38. The molecule has 2 aromatic carbocycles. The van der Waals surface area contributed by atoms with Crippen molar-refractivity contribution < 1.29 is 9.53 Å². The molecule has 2 rings (SSSR count). The number of ether oxygens (including phenoxy) is 1. The highest BCUT2D eigenvalue weighted by Crippen LogP contribution is 2.18. The number of carbonyl (C=O) groups excluding carboxylic acids is 1. The molecule has 0 spiro atoms. The van der Waals surface area contributed by atoms with Crippen LogP contribution in [0.3, 0.4) is 0 Å². The Bertz CT molecular complexity index is 692. The van der Waals surface area contributed by atoms with Crippen LogP contribution in [0, 0.1) is 20.8 Å². The van der Waals surface area contributed by atoms with Gasteiger partial charge in [-0.2, -0.15) is 0 Å². The van der Waals surface area contributed by atoms with Crippen molar-refractivity contribution in [1.29, 1.82) is 0 Å². The zero-order valence-electron chi connectivity index (χ0n) is 15.8. The van der Waals surface area contributed by atoms with Crippen molar-refractivity contribution in [2.75, 3.05) is 6.54 Å². The van der Waals surface area contributed by atoms with Gasteiger partial charge in [-0.05, 0) is 68.9 Å². The Morgan fingerprint density at radius 2 is 1.76 bits per heavy atom. The minimum atomic E-state index is -0.443. The molecule has 1 N–H and O–H groups in total. The molecule has 0 bridgehead atoms. The van der Waals surface area contributed by atoms with Crippen LogP contribution in [0.1, 0.15) is 42.0 Å². The van der Waals surface area contributed by atoms with Crippen LogP contribution >= 0.6 is 0 Å². The van der Waals surface area contributed by atoms with E-state index in [4.69, 9.17) is 4.74 Å². The van der Waals surface area contributed by atoms with Crippen LogP contribution in [-0.4, -0.2) is 18.6 Å². The molecule has 1 atom stereocenters. The van der Waals surface area contributed by atoms with Crippen LogP contribution < -0.4 is 10.1 Å². The number of rotatable bonds is 8. The third-order valence-electron chi connectivity index (χ3n) is 4.48. The van der Waals surface area contributed by atoms with E-state index in [0.717, 1.165) is 18.6 Å². The quantitative estimate of drug-likeness (QED) is 0.718. The van der Waals surface area contributed by atoms with Gasteiger partial charge in [-0.1, -0.05) is 42.8 Å². The second-order valence-electron chi connectivity index (χ2n) is 6.64. The molecule has 0 aliphatic rings. The lowest BCUT2D eigenvalue weighted by Gasteiger charge is -2.18. The lowest BCUT2D eigenvalue weighted by atomic mass is 10.1. The fourth-order valence-electron chi connectivity index (χ4n) is 2.65. The maximum absolute atomic E-state index is 12.4. The highest BCUT2D eigenvalue weighted by molar-refractivity contribution is 5.81. The second-order valence-corrected chi connectivity index (χ2v) is 6.64. The second kappa shape index (κ2) is 9.26. The first-order valence-electron chi connectivity index (χ1n) is 9.06. The summed E-state index contributed by atoms with van der Waals surface area (Å²) in [5, 5.41) is 3.00. The number of carbonyl (C=O) groups is 1. The van der Waals surface area contributed by atoms with Crippen LogP contribution in [0.2, 0.25) is 0 Å². The molecule has 0 saturated heterocycles. The van der Waals surface area contributed by atoms with Crippen molar-refractivity contribution in [2.24, 2.45) is 0 Å². The van der Waals surface area contributed by atoms with E-state index in [-0.39, 0.29) is 5.91 Å². The molecule has 1 unspecified atom stereocenters. The van der Waals surface area contributed by atoms with Gasteiger partial charge in [-0.15, -0.1) is 0 Å². The summed E-state index contributed by atoms with van der Waals surface area (Å²) in [6, 6.07) is 14.5. The Morgan fingerprint density at radius 1 is 1.04 bits per heavy atom. The Labute approximate surface area is 151 Å². The van der Waals surface area contributed by atoms with E-state index in [1.807, 2.05) is 32.0 Å². The van der Waals surface area contributed by atoms with Crippen LogP contribution in [0.25, 0.3) is 0 Å². The smallest absolute Gasteiger partial charge is 0.261 e. The molecule has 134 valence electrons. The fraction of sp³-hybridized carbons (Fsp3) is 0.409. The summed E-state index contributed by atoms with van der Waals surface area (Å²) in [6.07, 6.45) is 2.10. The topological polar surface area (TPSA) is 38.3 Å². The SMILES string of the molecule is CCC(Oc1ccc(C)c(C)c1)C(=O)NCCCc1ccc(C)cc1. The molecule has 0 radical (unpaired) electrons. The summed E-state index contributed by atoms with van der Waals surface area (Å²) in [7, 11) is 0. The van der Waals surface area contributed by atoms with Crippen molar-refractivity contribution >= 4 is 5.91 Å². The molecular formula is C22H29NO2. The van der Waals surface area contributed by atoms with E-state index in [1.165, 1.54) is 22.3 Å². The van der Waals surface area contributed by atoms with Gasteiger partial charge in [0.15, 0.2) is 6.10 Å². The summed E-state index contributed by atoms with van der Waals surface area (Å²) in [4.78, 5) is 12.4. The van der Waals surface area contributed by atoms with Gasteiger partial charge in [-0.3, -0.25) is 4.79 Å². The number of hydrogen-bond donors (Lipinski definition) is 1. The van der Waals surface area contributed by atoms with Crippen LogP contribution in [0.5, 0.6) is 5.75 Å². The van der Waals surface area contributed by atoms with E-state index >= 15 is 0 Å². The average Bonchev–Trinajstić information content (AvgIpc) is 2.61. The first-order valence-corrected chi connectivity index (χ1v) is 9.06. The van der Waals surface area contributed by atoms with E-state index < -0.39 is 6.10 Å². The van der Waals surface area contributed by atoms with E-state index in [0.29, 0.717) is 13.0 Å². The molecule has 1 amide bonds. The van der Waals surface area contributed by atoms with E-state index in [1.54, 1.807) is 0 Å². The predicted octanol–water partition coefficient (Wildman–Crippen LogP) is 4.52. The number of aryl methyl sites for hydroxylation is 4. The van der Waals surface area contributed by atoms with Crippen LogP contribution in [0.15, 0.2) is 42.5 Å². The zero-order chi connectivity index (χ0) is 18.2. The van der Waals surface area contributed by atoms with Crippen molar-refractivity contribution in [3.8, 4) is 5.75 Å². The van der Waals surface area contributed by atoms with Crippen molar-refractivity contribution in [2.45, 2.75) is 53.1 Å². The molecule has 0 aliphatic heterocycles. The van der Waals surface area contributed by atoms with E-state index in [2.05, 4.69) is 43.4 Å². The first kappa shape index (κ1) is 19.0. The third-order valence-corrected chi connectivity index (χ3v) is 4.48. The highest BCUT2D eigenvalue weighted by Gasteiger charge is 2.17. The summed E-state index contributed by atoms with van der Waals surface area (Å²) in [5.41, 5.74) is 4.97. The van der Waals surface area contributed by atoms with Gasteiger partial charge < -0.3 is 10.1 Å². The number of nitrogens with one attached hydrogen (secondary N) is 1. The Morgan fingerprint density at radius 3 is 2.40 bits per heavy atom. The molecule has 0 aliphatic carbocycles. The normalized spacial score (nSPS) is 11.8. The van der Waals surface area contributed by atoms with Crippen molar-refractivity contribution in [3.63, 3.8) is 0 Å². The van der Waals surface area contributed by atoms with Crippen LogP contribution in [-0.2, 0) is 11.2 Å². The van der Waals surface area contributed by atoms with Crippen LogP contribution in [0.4, 0.5) is 0 Å². The monoisotopic (exact) mass is 339 g/mol. The summed E-state index contributed by atoms with van der Waals surface area (Å²) in [6.45, 7) is 8.84. The Kier molecular flexibility index (Phi) is 7.05.